The number of imidazole rings is 1. The first-order chi connectivity index (χ1) is 9.76. The van der Waals surface area contributed by atoms with Crippen molar-refractivity contribution in [2.45, 2.75) is 32.2 Å². The molecule has 2 aromatic heterocycles. The monoisotopic (exact) mass is 294 g/mol. The number of piperidine rings is 1. The second kappa shape index (κ2) is 5.93. The number of halogens is 1. The standard InChI is InChI=1S/C13H19ClN6/c1-2-5-20-6-3-9(4-7-20)17-12-10-11(16-8-15-10)18-13(14)19-12/h8-9H,2-7H2,1H3,(H2,15,16,17,18,19). The number of nitrogens with one attached hydrogen (secondary N) is 2. The minimum Gasteiger partial charge on any atom is -0.365 e. The van der Waals surface area contributed by atoms with Gasteiger partial charge in [0.1, 0.15) is 5.52 Å². The number of likely N-dealkylation sites (tertiary alicyclic amines) is 1. The predicted molar refractivity (Wildman–Crippen MR) is 80.1 cm³/mol. The lowest BCUT2D eigenvalue weighted by Gasteiger charge is -2.32. The average molecular weight is 295 g/mol. The molecule has 0 radical (unpaired) electrons. The Bertz CT molecular complexity index is 575. The minimum atomic E-state index is 0.232. The van der Waals surface area contributed by atoms with Crippen LogP contribution in [0.2, 0.25) is 5.28 Å². The summed E-state index contributed by atoms with van der Waals surface area (Å²) in [7, 11) is 0. The molecule has 2 N–H and O–H groups in total. The second-order valence-corrected chi connectivity index (χ2v) is 5.54. The molecule has 7 heteroatoms. The van der Waals surface area contributed by atoms with Crippen molar-refractivity contribution in [3.05, 3.63) is 11.6 Å². The topological polar surface area (TPSA) is 69.7 Å². The van der Waals surface area contributed by atoms with Gasteiger partial charge in [-0.2, -0.15) is 9.97 Å². The summed E-state index contributed by atoms with van der Waals surface area (Å²) in [4.78, 5) is 18.1. The van der Waals surface area contributed by atoms with Crippen LogP contribution in [0.15, 0.2) is 6.33 Å². The third kappa shape index (κ3) is 2.86. The molecule has 1 aliphatic rings. The maximum Gasteiger partial charge on any atom is 0.226 e. The van der Waals surface area contributed by atoms with Crippen LogP contribution in [-0.4, -0.2) is 50.5 Å². The van der Waals surface area contributed by atoms with E-state index in [0.717, 1.165) is 37.3 Å². The fourth-order valence-electron chi connectivity index (χ4n) is 2.72. The summed E-state index contributed by atoms with van der Waals surface area (Å²) in [5, 5.41) is 3.71. The van der Waals surface area contributed by atoms with E-state index in [1.807, 2.05) is 0 Å². The highest BCUT2D eigenvalue weighted by Crippen LogP contribution is 2.22. The SMILES string of the molecule is CCCN1CCC(Nc2nc(Cl)nc3nc[nH]c23)CC1. The van der Waals surface area contributed by atoms with Crippen molar-refractivity contribution in [3.8, 4) is 0 Å². The van der Waals surface area contributed by atoms with E-state index in [0.29, 0.717) is 11.7 Å². The lowest BCUT2D eigenvalue weighted by molar-refractivity contribution is 0.219. The number of H-pyrrole nitrogens is 1. The van der Waals surface area contributed by atoms with Gasteiger partial charge >= 0.3 is 0 Å². The summed E-state index contributed by atoms with van der Waals surface area (Å²) in [6.07, 6.45) is 5.08. The van der Waals surface area contributed by atoms with Gasteiger partial charge in [-0.3, -0.25) is 0 Å². The summed E-state index contributed by atoms with van der Waals surface area (Å²) < 4.78 is 0. The zero-order valence-electron chi connectivity index (χ0n) is 11.6. The molecule has 1 saturated heterocycles. The van der Waals surface area contributed by atoms with Crippen molar-refractivity contribution >= 4 is 28.6 Å². The van der Waals surface area contributed by atoms with Gasteiger partial charge in [0.05, 0.1) is 6.33 Å². The van der Waals surface area contributed by atoms with Gasteiger partial charge < -0.3 is 15.2 Å². The van der Waals surface area contributed by atoms with Crippen molar-refractivity contribution in [3.63, 3.8) is 0 Å². The number of fused-ring (bicyclic) bond motifs is 1. The molecule has 1 fully saturated rings. The van der Waals surface area contributed by atoms with Crippen LogP contribution in [0.5, 0.6) is 0 Å². The Hall–Kier alpha value is -1.40. The van der Waals surface area contributed by atoms with Crippen LogP contribution in [0, 0.1) is 0 Å². The second-order valence-electron chi connectivity index (χ2n) is 5.20. The van der Waals surface area contributed by atoms with Crippen LogP contribution in [0.4, 0.5) is 5.82 Å². The predicted octanol–water partition coefficient (Wildman–Crippen LogP) is 2.29. The van der Waals surface area contributed by atoms with E-state index in [-0.39, 0.29) is 5.28 Å². The normalized spacial score (nSPS) is 17.7. The molecule has 2 aromatic rings. The molecule has 6 nitrogen and oxygen atoms in total. The molecule has 0 amide bonds. The Morgan fingerprint density at radius 1 is 1.40 bits per heavy atom. The van der Waals surface area contributed by atoms with E-state index in [1.165, 1.54) is 13.0 Å². The molecule has 0 unspecified atom stereocenters. The summed E-state index contributed by atoms with van der Waals surface area (Å²) in [5.41, 5.74) is 1.43. The fourth-order valence-corrected chi connectivity index (χ4v) is 2.89. The molecule has 0 bridgehead atoms. The molecule has 1 aliphatic heterocycles. The van der Waals surface area contributed by atoms with E-state index in [1.54, 1.807) is 6.33 Å². The van der Waals surface area contributed by atoms with Crippen molar-refractivity contribution < 1.29 is 0 Å². The van der Waals surface area contributed by atoms with E-state index in [2.05, 4.69) is 37.1 Å². The number of aromatic nitrogens is 4. The number of nitrogens with zero attached hydrogens (tertiary/aromatic N) is 4. The van der Waals surface area contributed by atoms with Gasteiger partial charge in [-0.25, -0.2) is 4.98 Å². The Morgan fingerprint density at radius 2 is 2.20 bits per heavy atom. The van der Waals surface area contributed by atoms with Crippen molar-refractivity contribution in [1.82, 2.24) is 24.8 Å². The van der Waals surface area contributed by atoms with Gasteiger partial charge in [0.2, 0.25) is 5.28 Å². The highest BCUT2D eigenvalue weighted by atomic mass is 35.5. The number of rotatable bonds is 4. The highest BCUT2D eigenvalue weighted by molar-refractivity contribution is 6.28. The van der Waals surface area contributed by atoms with Gasteiger partial charge in [0.25, 0.3) is 0 Å². The molecular formula is C13H19ClN6. The molecule has 0 atom stereocenters. The third-order valence-electron chi connectivity index (χ3n) is 3.73. The molecule has 0 spiro atoms. The molecule has 3 heterocycles. The Balaban J connectivity index is 1.69. The molecule has 108 valence electrons. The zero-order valence-corrected chi connectivity index (χ0v) is 12.3. The summed E-state index contributed by atoms with van der Waals surface area (Å²) in [6, 6.07) is 0.431. The van der Waals surface area contributed by atoms with Crippen LogP contribution in [0.25, 0.3) is 11.2 Å². The fraction of sp³-hybridized carbons (Fsp3) is 0.615. The van der Waals surface area contributed by atoms with E-state index in [4.69, 9.17) is 11.6 Å². The van der Waals surface area contributed by atoms with Gasteiger partial charge in [-0.1, -0.05) is 6.92 Å². The first-order valence-electron chi connectivity index (χ1n) is 7.11. The lowest BCUT2D eigenvalue weighted by Crippen LogP contribution is -2.39. The average Bonchev–Trinajstić information content (AvgIpc) is 2.89. The number of hydrogen-bond acceptors (Lipinski definition) is 5. The van der Waals surface area contributed by atoms with Gasteiger partial charge in [-0.15, -0.1) is 0 Å². The van der Waals surface area contributed by atoms with Crippen LogP contribution >= 0.6 is 11.6 Å². The Kier molecular flexibility index (Phi) is 4.03. The molecular weight excluding hydrogens is 276 g/mol. The van der Waals surface area contributed by atoms with E-state index < -0.39 is 0 Å². The molecule has 0 aromatic carbocycles. The Morgan fingerprint density at radius 3 is 2.95 bits per heavy atom. The molecule has 0 aliphatic carbocycles. The van der Waals surface area contributed by atoms with Gasteiger partial charge in [-0.05, 0) is 37.4 Å². The van der Waals surface area contributed by atoms with Crippen LogP contribution in [0.3, 0.4) is 0 Å². The van der Waals surface area contributed by atoms with Crippen LogP contribution in [0.1, 0.15) is 26.2 Å². The smallest absolute Gasteiger partial charge is 0.226 e. The quantitative estimate of drug-likeness (QED) is 0.847. The molecule has 0 saturated carbocycles. The lowest BCUT2D eigenvalue weighted by atomic mass is 10.0. The highest BCUT2D eigenvalue weighted by Gasteiger charge is 2.20. The first-order valence-corrected chi connectivity index (χ1v) is 7.49. The summed E-state index contributed by atoms with van der Waals surface area (Å²) >= 11 is 5.94. The Labute approximate surface area is 123 Å². The minimum absolute atomic E-state index is 0.232. The van der Waals surface area contributed by atoms with E-state index in [9.17, 15) is 0 Å². The van der Waals surface area contributed by atoms with Crippen LogP contribution < -0.4 is 5.32 Å². The zero-order chi connectivity index (χ0) is 13.9. The molecule has 3 rings (SSSR count). The maximum absolute atomic E-state index is 5.94. The molecule has 20 heavy (non-hydrogen) atoms. The first kappa shape index (κ1) is 13.6. The largest absolute Gasteiger partial charge is 0.365 e. The third-order valence-corrected chi connectivity index (χ3v) is 3.90. The number of hydrogen-bond donors (Lipinski definition) is 2. The van der Waals surface area contributed by atoms with Gasteiger partial charge in [0.15, 0.2) is 11.5 Å². The van der Waals surface area contributed by atoms with Crippen molar-refractivity contribution in [2.75, 3.05) is 25.0 Å². The van der Waals surface area contributed by atoms with E-state index >= 15 is 0 Å². The number of anilines is 1. The maximum atomic E-state index is 5.94. The number of aromatic amines is 1. The van der Waals surface area contributed by atoms with Gasteiger partial charge in [0, 0.05) is 19.1 Å². The summed E-state index contributed by atoms with van der Waals surface area (Å²) in [6.45, 7) is 5.69. The van der Waals surface area contributed by atoms with Crippen molar-refractivity contribution in [2.24, 2.45) is 0 Å². The van der Waals surface area contributed by atoms with Crippen LogP contribution in [-0.2, 0) is 0 Å². The van der Waals surface area contributed by atoms with Crippen molar-refractivity contribution in [1.29, 1.82) is 0 Å². The summed E-state index contributed by atoms with van der Waals surface area (Å²) in [5.74, 6) is 0.756.